The number of nitriles is 1. The average molecular weight is 182 g/mol. The Balaban J connectivity index is 2.67. The maximum absolute atomic E-state index is 8.71. The van der Waals surface area contributed by atoms with Crippen molar-refractivity contribution in [1.82, 2.24) is 0 Å². The third-order valence-electron chi connectivity index (χ3n) is 1.60. The zero-order chi connectivity index (χ0) is 8.55. The number of hydrogen-bond acceptors (Lipinski definition) is 3. The molecule has 0 aliphatic carbocycles. The molecule has 12 heavy (non-hydrogen) atoms. The van der Waals surface area contributed by atoms with E-state index in [2.05, 4.69) is 0 Å². The van der Waals surface area contributed by atoms with Crippen LogP contribution in [0.2, 0.25) is 5.02 Å². The Morgan fingerprint density at radius 3 is 3.00 bits per heavy atom. The SMILES string of the molecule is N#Cc1c(Cl)ccc2c1OCO2. The van der Waals surface area contributed by atoms with E-state index >= 15 is 0 Å². The molecule has 0 saturated heterocycles. The van der Waals surface area contributed by atoms with E-state index in [-0.39, 0.29) is 6.79 Å². The number of rotatable bonds is 0. The maximum atomic E-state index is 8.71. The molecule has 60 valence electrons. The van der Waals surface area contributed by atoms with Gasteiger partial charge in [-0.1, -0.05) is 11.6 Å². The largest absolute Gasteiger partial charge is 0.454 e. The molecule has 0 unspecified atom stereocenters. The Kier molecular flexibility index (Phi) is 1.56. The molecule has 0 saturated carbocycles. The van der Waals surface area contributed by atoms with Crippen molar-refractivity contribution in [3.63, 3.8) is 0 Å². The molecule has 1 aromatic carbocycles. The number of halogens is 1. The number of hydrogen-bond donors (Lipinski definition) is 0. The molecule has 0 bridgehead atoms. The average Bonchev–Trinajstić information content (AvgIpc) is 2.52. The second-order valence-electron chi connectivity index (χ2n) is 2.27. The fraction of sp³-hybridized carbons (Fsp3) is 0.125. The van der Waals surface area contributed by atoms with Gasteiger partial charge >= 0.3 is 0 Å². The van der Waals surface area contributed by atoms with E-state index in [9.17, 15) is 0 Å². The summed E-state index contributed by atoms with van der Waals surface area (Å²) < 4.78 is 10.1. The first-order chi connectivity index (χ1) is 5.83. The summed E-state index contributed by atoms with van der Waals surface area (Å²) in [6, 6.07) is 5.26. The van der Waals surface area contributed by atoms with E-state index in [4.69, 9.17) is 26.3 Å². The van der Waals surface area contributed by atoms with Crippen molar-refractivity contribution in [2.75, 3.05) is 6.79 Å². The second kappa shape index (κ2) is 2.58. The number of benzene rings is 1. The van der Waals surface area contributed by atoms with Crippen LogP contribution in [0.4, 0.5) is 0 Å². The smallest absolute Gasteiger partial charge is 0.231 e. The van der Waals surface area contributed by atoms with Crippen LogP contribution in [-0.4, -0.2) is 6.79 Å². The van der Waals surface area contributed by atoms with Gasteiger partial charge in [0.05, 0.1) is 5.02 Å². The topological polar surface area (TPSA) is 42.2 Å². The second-order valence-corrected chi connectivity index (χ2v) is 2.68. The van der Waals surface area contributed by atoms with Gasteiger partial charge in [-0.25, -0.2) is 0 Å². The first-order valence-electron chi connectivity index (χ1n) is 3.31. The molecule has 0 amide bonds. The monoisotopic (exact) mass is 181 g/mol. The van der Waals surface area contributed by atoms with Gasteiger partial charge in [-0.3, -0.25) is 0 Å². The maximum Gasteiger partial charge on any atom is 0.231 e. The minimum absolute atomic E-state index is 0.157. The van der Waals surface area contributed by atoms with Crippen LogP contribution in [0.1, 0.15) is 5.56 Å². The Labute approximate surface area is 74.1 Å². The molecule has 1 heterocycles. The Hall–Kier alpha value is -1.40. The fourth-order valence-corrected chi connectivity index (χ4v) is 1.24. The van der Waals surface area contributed by atoms with Gasteiger partial charge in [0.15, 0.2) is 11.5 Å². The first kappa shape index (κ1) is 7.26. The highest BCUT2D eigenvalue weighted by Gasteiger charge is 2.19. The number of ether oxygens (including phenoxy) is 2. The predicted octanol–water partition coefficient (Wildman–Crippen LogP) is 1.94. The van der Waals surface area contributed by atoms with Gasteiger partial charge in [0, 0.05) is 0 Å². The molecule has 0 N–H and O–H groups in total. The van der Waals surface area contributed by atoms with Crippen LogP contribution in [0, 0.1) is 11.3 Å². The van der Waals surface area contributed by atoms with Crippen molar-refractivity contribution in [2.24, 2.45) is 0 Å². The Morgan fingerprint density at radius 1 is 1.42 bits per heavy atom. The minimum atomic E-state index is 0.157. The standard InChI is InChI=1S/C8H4ClNO2/c9-6-1-2-7-8(5(6)3-10)12-4-11-7/h1-2H,4H2. The molecule has 0 aromatic heterocycles. The summed E-state index contributed by atoms with van der Waals surface area (Å²) in [5.41, 5.74) is 0.340. The minimum Gasteiger partial charge on any atom is -0.454 e. The zero-order valence-electron chi connectivity index (χ0n) is 6.00. The predicted molar refractivity (Wildman–Crippen MR) is 42.3 cm³/mol. The summed E-state index contributed by atoms with van der Waals surface area (Å²) in [5.74, 6) is 1.03. The van der Waals surface area contributed by atoms with E-state index in [0.717, 1.165) is 0 Å². The van der Waals surface area contributed by atoms with E-state index < -0.39 is 0 Å². The third-order valence-corrected chi connectivity index (χ3v) is 1.92. The van der Waals surface area contributed by atoms with Crippen molar-refractivity contribution >= 4 is 11.6 Å². The van der Waals surface area contributed by atoms with Gasteiger partial charge < -0.3 is 9.47 Å². The van der Waals surface area contributed by atoms with Crippen LogP contribution >= 0.6 is 11.6 Å². The van der Waals surface area contributed by atoms with Crippen LogP contribution in [-0.2, 0) is 0 Å². The van der Waals surface area contributed by atoms with Crippen LogP contribution < -0.4 is 9.47 Å². The van der Waals surface area contributed by atoms with E-state index in [1.807, 2.05) is 6.07 Å². The van der Waals surface area contributed by atoms with Crippen LogP contribution in [0.15, 0.2) is 12.1 Å². The summed E-state index contributed by atoms with van der Waals surface area (Å²) in [6.45, 7) is 0.157. The lowest BCUT2D eigenvalue weighted by Gasteiger charge is -1.98. The Bertz CT molecular complexity index is 370. The third kappa shape index (κ3) is 0.892. The van der Waals surface area contributed by atoms with Gasteiger partial charge in [-0.15, -0.1) is 0 Å². The molecule has 1 aliphatic rings. The van der Waals surface area contributed by atoms with Crippen LogP contribution in [0.5, 0.6) is 11.5 Å². The van der Waals surface area contributed by atoms with E-state index in [0.29, 0.717) is 22.1 Å². The quantitative estimate of drug-likeness (QED) is 0.614. The van der Waals surface area contributed by atoms with Gasteiger partial charge in [-0.05, 0) is 12.1 Å². The number of nitrogens with zero attached hydrogens (tertiary/aromatic N) is 1. The fourth-order valence-electron chi connectivity index (χ4n) is 1.05. The molecule has 3 nitrogen and oxygen atoms in total. The van der Waals surface area contributed by atoms with Gasteiger partial charge in [0.25, 0.3) is 0 Å². The van der Waals surface area contributed by atoms with E-state index in [1.54, 1.807) is 12.1 Å². The highest BCUT2D eigenvalue weighted by Crippen LogP contribution is 2.38. The first-order valence-corrected chi connectivity index (χ1v) is 3.69. The lowest BCUT2D eigenvalue weighted by atomic mass is 10.2. The number of fused-ring (bicyclic) bond motifs is 1. The van der Waals surface area contributed by atoms with Crippen molar-refractivity contribution in [1.29, 1.82) is 5.26 Å². The van der Waals surface area contributed by atoms with Gasteiger partial charge in [-0.2, -0.15) is 5.26 Å². The Morgan fingerprint density at radius 2 is 2.25 bits per heavy atom. The lowest BCUT2D eigenvalue weighted by molar-refractivity contribution is 0.173. The molecule has 4 heteroatoms. The molecular formula is C8H4ClNO2. The molecule has 0 spiro atoms. The summed E-state index contributed by atoms with van der Waals surface area (Å²) in [5, 5.41) is 9.10. The lowest BCUT2D eigenvalue weighted by Crippen LogP contribution is -1.93. The highest BCUT2D eigenvalue weighted by atomic mass is 35.5. The molecule has 1 aliphatic heterocycles. The summed E-state index contributed by atoms with van der Waals surface area (Å²) >= 11 is 5.75. The van der Waals surface area contributed by atoms with Gasteiger partial charge in [0.1, 0.15) is 11.6 Å². The zero-order valence-corrected chi connectivity index (χ0v) is 6.76. The van der Waals surface area contributed by atoms with Gasteiger partial charge in [0.2, 0.25) is 6.79 Å². The molecule has 1 aromatic rings. The van der Waals surface area contributed by atoms with Crippen molar-refractivity contribution in [2.45, 2.75) is 0 Å². The van der Waals surface area contributed by atoms with Crippen molar-refractivity contribution in [3.8, 4) is 17.6 Å². The highest BCUT2D eigenvalue weighted by molar-refractivity contribution is 6.32. The molecule has 0 radical (unpaired) electrons. The molecular weight excluding hydrogens is 178 g/mol. The normalized spacial score (nSPS) is 12.7. The van der Waals surface area contributed by atoms with E-state index in [1.165, 1.54) is 0 Å². The summed E-state index contributed by atoms with van der Waals surface area (Å²) in [6.07, 6.45) is 0. The molecule has 0 fully saturated rings. The van der Waals surface area contributed by atoms with Crippen LogP contribution in [0.25, 0.3) is 0 Å². The summed E-state index contributed by atoms with van der Waals surface area (Å²) in [7, 11) is 0. The van der Waals surface area contributed by atoms with Crippen molar-refractivity contribution in [3.05, 3.63) is 22.7 Å². The molecule has 2 rings (SSSR count). The summed E-state index contributed by atoms with van der Waals surface area (Å²) in [4.78, 5) is 0. The van der Waals surface area contributed by atoms with Crippen LogP contribution in [0.3, 0.4) is 0 Å². The molecule has 0 atom stereocenters. The van der Waals surface area contributed by atoms with Crippen molar-refractivity contribution < 1.29 is 9.47 Å².